The van der Waals surface area contributed by atoms with Crippen LogP contribution >= 0.6 is 0 Å². The summed E-state index contributed by atoms with van der Waals surface area (Å²) in [6, 6.07) is 5.69. The third-order valence-corrected chi connectivity index (χ3v) is 2.29. The molecule has 0 saturated heterocycles. The van der Waals surface area contributed by atoms with E-state index < -0.39 is 23.7 Å². The van der Waals surface area contributed by atoms with Crippen LogP contribution in [0.25, 0.3) is 0 Å². The molecule has 0 spiro atoms. The lowest BCUT2D eigenvalue weighted by molar-refractivity contribution is -0.193. The highest BCUT2D eigenvalue weighted by atomic mass is 19.3. The van der Waals surface area contributed by atoms with Crippen LogP contribution in [0.4, 0.5) is 8.78 Å². The van der Waals surface area contributed by atoms with Gasteiger partial charge in [-0.05, 0) is 12.1 Å². The number of alkyl halides is 2. The minimum atomic E-state index is -3.78. The number of halogens is 2. The summed E-state index contributed by atoms with van der Waals surface area (Å²) in [4.78, 5) is 38.4. The predicted octanol–water partition coefficient (Wildman–Crippen LogP) is 1.40. The zero-order chi connectivity index (χ0) is 13.5. The van der Waals surface area contributed by atoms with Crippen LogP contribution in [-0.4, -0.2) is 28.8 Å². The lowest BCUT2D eigenvalue weighted by Gasteiger charge is -2.15. The van der Waals surface area contributed by atoms with Crippen molar-refractivity contribution >= 4 is 17.8 Å². The molecule has 0 atom stereocenters. The molecule has 0 radical (unpaired) electrons. The molecule has 0 N–H and O–H groups in total. The molecule has 0 saturated carbocycles. The van der Waals surface area contributed by atoms with Crippen LogP contribution in [0.1, 0.15) is 27.6 Å². The second-order valence-electron chi connectivity index (χ2n) is 3.72. The third-order valence-electron chi connectivity index (χ3n) is 2.29. The number of benzene rings is 1. The maximum Gasteiger partial charge on any atom is 0.402 e. The summed E-state index contributed by atoms with van der Waals surface area (Å²) in [5, 5.41) is 0.0460. The van der Waals surface area contributed by atoms with Crippen molar-refractivity contribution in [2.24, 2.45) is 0 Å². The van der Waals surface area contributed by atoms with Gasteiger partial charge >= 0.3 is 11.9 Å². The lowest BCUT2D eigenvalue weighted by Crippen LogP contribution is -2.38. The first-order valence-electron chi connectivity index (χ1n) is 4.90. The lowest BCUT2D eigenvalue weighted by atomic mass is 10.1. The molecule has 2 amide bonds. The number of fused-ring (bicyclic) bond motifs is 1. The van der Waals surface area contributed by atoms with Crippen LogP contribution < -0.4 is 0 Å². The summed E-state index contributed by atoms with van der Waals surface area (Å²) < 4.78 is 25.3. The Hall–Kier alpha value is -2.31. The fraction of sp³-hybridized carbons (Fsp3) is 0.182. The molecular formula is C11H7F2NO4. The van der Waals surface area contributed by atoms with Gasteiger partial charge in [-0.25, -0.2) is 4.79 Å². The van der Waals surface area contributed by atoms with Crippen LogP contribution in [0.2, 0.25) is 0 Å². The molecule has 1 aromatic carbocycles. The first-order chi connectivity index (χ1) is 8.32. The number of rotatable bonds is 2. The van der Waals surface area contributed by atoms with E-state index in [-0.39, 0.29) is 16.2 Å². The zero-order valence-electron chi connectivity index (χ0n) is 9.15. The Morgan fingerprint density at radius 2 is 1.61 bits per heavy atom. The minimum Gasteiger partial charge on any atom is -0.323 e. The van der Waals surface area contributed by atoms with Crippen LogP contribution in [-0.2, 0) is 9.63 Å². The number of hydrogen-bond acceptors (Lipinski definition) is 4. The number of carbonyl (C=O) groups excluding carboxylic acids is 3. The molecule has 5 nitrogen and oxygen atoms in total. The molecule has 1 aliphatic rings. The van der Waals surface area contributed by atoms with E-state index in [0.29, 0.717) is 6.92 Å². The molecule has 0 fully saturated rings. The molecule has 0 bridgehead atoms. The highest BCUT2D eigenvalue weighted by molar-refractivity contribution is 6.20. The molecule has 94 valence electrons. The van der Waals surface area contributed by atoms with Gasteiger partial charge in [0.2, 0.25) is 0 Å². The van der Waals surface area contributed by atoms with Gasteiger partial charge in [0.25, 0.3) is 11.8 Å². The number of imide groups is 1. The van der Waals surface area contributed by atoms with Crippen molar-refractivity contribution in [3.8, 4) is 0 Å². The minimum absolute atomic E-state index is 0.00900. The molecule has 7 heteroatoms. The second-order valence-corrected chi connectivity index (χ2v) is 3.72. The largest absolute Gasteiger partial charge is 0.402 e. The van der Waals surface area contributed by atoms with Crippen molar-refractivity contribution in [1.29, 1.82) is 0 Å². The summed E-state index contributed by atoms with van der Waals surface area (Å²) in [6.45, 7) is 0.313. The maximum absolute atomic E-state index is 12.6. The number of carbonyl (C=O) groups is 3. The maximum atomic E-state index is 12.6. The van der Waals surface area contributed by atoms with E-state index in [1.165, 1.54) is 24.3 Å². The Bertz CT molecular complexity index is 515. The van der Waals surface area contributed by atoms with Gasteiger partial charge in [0.15, 0.2) is 0 Å². The topological polar surface area (TPSA) is 63.7 Å². The number of nitrogens with zero attached hydrogens (tertiary/aromatic N) is 1. The van der Waals surface area contributed by atoms with Gasteiger partial charge in [-0.3, -0.25) is 9.59 Å². The van der Waals surface area contributed by atoms with Gasteiger partial charge in [-0.2, -0.15) is 8.78 Å². The predicted molar refractivity (Wildman–Crippen MR) is 53.7 cm³/mol. The summed E-state index contributed by atoms with van der Waals surface area (Å²) in [5.74, 6) is -7.62. The Labute approximate surface area is 99.9 Å². The molecule has 0 aromatic heterocycles. The van der Waals surface area contributed by atoms with Gasteiger partial charge in [0.1, 0.15) is 0 Å². The molecule has 2 rings (SSSR count). The summed E-state index contributed by atoms with van der Waals surface area (Å²) in [5.41, 5.74) is 0.0180. The smallest absolute Gasteiger partial charge is 0.323 e. The number of hydroxylamine groups is 2. The van der Waals surface area contributed by atoms with Crippen molar-refractivity contribution in [3.05, 3.63) is 35.4 Å². The molecule has 1 heterocycles. The summed E-state index contributed by atoms with van der Waals surface area (Å²) in [6.07, 6.45) is 0. The van der Waals surface area contributed by atoms with Crippen molar-refractivity contribution in [2.45, 2.75) is 12.8 Å². The Morgan fingerprint density at radius 1 is 1.17 bits per heavy atom. The average Bonchev–Trinajstić information content (AvgIpc) is 2.54. The standard InChI is InChI=1S/C11H7F2NO4/c1-11(12,13)10(17)18-14-8(15)6-4-2-3-5-7(6)9(14)16/h2-5H,1H3. The van der Waals surface area contributed by atoms with E-state index >= 15 is 0 Å². The Morgan fingerprint density at radius 3 is 2.00 bits per heavy atom. The number of amides is 2. The molecule has 18 heavy (non-hydrogen) atoms. The van der Waals surface area contributed by atoms with E-state index in [1.54, 1.807) is 0 Å². The first-order valence-corrected chi connectivity index (χ1v) is 4.90. The fourth-order valence-corrected chi connectivity index (χ4v) is 1.41. The van der Waals surface area contributed by atoms with E-state index in [2.05, 4.69) is 4.84 Å². The SMILES string of the molecule is CC(F)(F)C(=O)ON1C(=O)c2ccccc2C1=O. The third kappa shape index (κ3) is 1.83. The van der Waals surface area contributed by atoms with Gasteiger partial charge in [0, 0.05) is 6.92 Å². The monoisotopic (exact) mass is 255 g/mol. The molecule has 1 aliphatic heterocycles. The van der Waals surface area contributed by atoms with Crippen LogP contribution in [0, 0.1) is 0 Å². The highest BCUT2D eigenvalue weighted by Gasteiger charge is 2.43. The van der Waals surface area contributed by atoms with Crippen LogP contribution in [0.15, 0.2) is 24.3 Å². The zero-order valence-corrected chi connectivity index (χ0v) is 9.15. The highest BCUT2D eigenvalue weighted by Crippen LogP contribution is 2.24. The second kappa shape index (κ2) is 3.86. The fourth-order valence-electron chi connectivity index (χ4n) is 1.41. The molecule has 0 unspecified atom stereocenters. The van der Waals surface area contributed by atoms with E-state index in [0.717, 1.165) is 0 Å². The molecular weight excluding hydrogens is 248 g/mol. The van der Waals surface area contributed by atoms with Crippen LogP contribution in [0.5, 0.6) is 0 Å². The van der Waals surface area contributed by atoms with E-state index in [4.69, 9.17) is 0 Å². The van der Waals surface area contributed by atoms with Gasteiger partial charge < -0.3 is 4.84 Å². The number of hydrogen-bond donors (Lipinski definition) is 0. The Balaban J connectivity index is 2.27. The van der Waals surface area contributed by atoms with Crippen molar-refractivity contribution in [3.63, 3.8) is 0 Å². The van der Waals surface area contributed by atoms with Gasteiger partial charge in [0.05, 0.1) is 11.1 Å². The van der Waals surface area contributed by atoms with Gasteiger partial charge in [-0.15, -0.1) is 0 Å². The van der Waals surface area contributed by atoms with Crippen LogP contribution in [0.3, 0.4) is 0 Å². The van der Waals surface area contributed by atoms with Crippen molar-refractivity contribution in [1.82, 2.24) is 5.06 Å². The summed E-state index contributed by atoms with van der Waals surface area (Å²) in [7, 11) is 0. The average molecular weight is 255 g/mol. The van der Waals surface area contributed by atoms with Crippen molar-refractivity contribution < 1.29 is 28.0 Å². The normalized spacial score (nSPS) is 14.7. The van der Waals surface area contributed by atoms with Gasteiger partial charge in [-0.1, -0.05) is 17.2 Å². The molecule has 0 aliphatic carbocycles. The van der Waals surface area contributed by atoms with E-state index in [9.17, 15) is 23.2 Å². The van der Waals surface area contributed by atoms with Crippen molar-refractivity contribution in [2.75, 3.05) is 0 Å². The quantitative estimate of drug-likeness (QED) is 0.749. The molecule has 1 aromatic rings. The summed E-state index contributed by atoms with van der Waals surface area (Å²) >= 11 is 0. The first kappa shape index (κ1) is 12.2. The Kier molecular flexibility index (Phi) is 2.61. The van der Waals surface area contributed by atoms with E-state index in [1.807, 2.05) is 0 Å².